The molecule has 0 spiro atoms. The van der Waals surface area contributed by atoms with Crippen molar-refractivity contribution in [3.05, 3.63) is 29.3 Å². The average Bonchev–Trinajstić information content (AvgIpc) is 2.44. The van der Waals surface area contributed by atoms with E-state index < -0.39 is 0 Å². The summed E-state index contributed by atoms with van der Waals surface area (Å²) in [5.41, 5.74) is 2.59. The van der Waals surface area contributed by atoms with Gasteiger partial charge >= 0.3 is 0 Å². The Morgan fingerprint density at radius 1 is 1.32 bits per heavy atom. The molecule has 0 saturated carbocycles. The Balaban J connectivity index is 2.87. The summed E-state index contributed by atoms with van der Waals surface area (Å²) in [5, 5.41) is 3.53. The van der Waals surface area contributed by atoms with Gasteiger partial charge in [-0.15, -0.1) is 0 Å². The van der Waals surface area contributed by atoms with Gasteiger partial charge < -0.3 is 15.0 Å². The van der Waals surface area contributed by atoms with Crippen molar-refractivity contribution in [3.63, 3.8) is 0 Å². The van der Waals surface area contributed by atoms with Gasteiger partial charge in [0, 0.05) is 18.2 Å². The Hall–Kier alpha value is -1.06. The normalized spacial score (nSPS) is 12.7. The van der Waals surface area contributed by atoms with Crippen LogP contribution in [-0.4, -0.2) is 32.1 Å². The van der Waals surface area contributed by atoms with Gasteiger partial charge in [-0.1, -0.05) is 19.9 Å². The summed E-state index contributed by atoms with van der Waals surface area (Å²) in [6.45, 7) is 9.59. The Bertz CT molecular complexity index is 379. The lowest BCUT2D eigenvalue weighted by atomic mass is 10.0. The molecule has 1 unspecified atom stereocenters. The maximum absolute atomic E-state index is 5.46. The minimum atomic E-state index is 0.386. The zero-order valence-electron chi connectivity index (χ0n) is 13.0. The molecule has 1 aromatic rings. The van der Waals surface area contributed by atoms with Gasteiger partial charge in [-0.25, -0.2) is 0 Å². The maximum atomic E-state index is 5.46. The molecule has 0 aliphatic carbocycles. The Morgan fingerprint density at radius 2 is 2.05 bits per heavy atom. The number of nitrogens with zero attached hydrogens (tertiary/aromatic N) is 1. The molecular formula is C16H28N2O. The second-order valence-corrected chi connectivity index (χ2v) is 5.08. The van der Waals surface area contributed by atoms with Crippen LogP contribution in [0.3, 0.4) is 0 Å². The molecule has 1 rings (SSSR count). The minimum Gasteiger partial charge on any atom is -0.496 e. The van der Waals surface area contributed by atoms with E-state index in [2.05, 4.69) is 56.2 Å². The summed E-state index contributed by atoms with van der Waals surface area (Å²) >= 11 is 0. The van der Waals surface area contributed by atoms with Crippen molar-refractivity contribution >= 4 is 0 Å². The Kier molecular flexibility index (Phi) is 6.89. The molecule has 1 atom stereocenters. The van der Waals surface area contributed by atoms with Gasteiger partial charge in [-0.3, -0.25) is 0 Å². The van der Waals surface area contributed by atoms with E-state index in [0.717, 1.165) is 31.8 Å². The second-order valence-electron chi connectivity index (χ2n) is 5.08. The number of nitrogens with one attached hydrogen (secondary N) is 1. The van der Waals surface area contributed by atoms with E-state index in [0.29, 0.717) is 6.04 Å². The third kappa shape index (κ3) is 4.84. The van der Waals surface area contributed by atoms with Gasteiger partial charge in [0.15, 0.2) is 0 Å². The highest BCUT2D eigenvalue weighted by atomic mass is 16.5. The van der Waals surface area contributed by atoms with E-state index in [-0.39, 0.29) is 0 Å². The molecule has 0 aromatic heterocycles. The lowest BCUT2D eigenvalue weighted by Gasteiger charge is -2.19. The predicted octanol–water partition coefficient (Wildman–Crippen LogP) is 3.21. The second kappa shape index (κ2) is 8.18. The topological polar surface area (TPSA) is 24.5 Å². The Labute approximate surface area is 118 Å². The standard InChI is InChI=1S/C16H28N2O/c1-6-10-17-13(3)14-8-9-16(19-5)15(11-14)12-18(4)7-2/h8-9,11,13,17H,6-7,10,12H2,1-5H3. The summed E-state index contributed by atoms with van der Waals surface area (Å²) in [6, 6.07) is 6.88. The largest absolute Gasteiger partial charge is 0.496 e. The van der Waals surface area contributed by atoms with Gasteiger partial charge in [0.2, 0.25) is 0 Å². The third-order valence-electron chi connectivity index (χ3n) is 3.49. The molecule has 0 saturated heterocycles. The van der Waals surface area contributed by atoms with Crippen LogP contribution in [0.25, 0.3) is 0 Å². The van der Waals surface area contributed by atoms with Gasteiger partial charge in [0.1, 0.15) is 5.75 Å². The number of ether oxygens (including phenoxy) is 1. The summed E-state index contributed by atoms with van der Waals surface area (Å²) in [5.74, 6) is 0.978. The summed E-state index contributed by atoms with van der Waals surface area (Å²) in [6.07, 6.45) is 1.16. The lowest BCUT2D eigenvalue weighted by Crippen LogP contribution is -2.20. The molecule has 0 fully saturated rings. The van der Waals surface area contributed by atoms with Crippen LogP contribution in [0.15, 0.2) is 18.2 Å². The molecule has 0 aliphatic rings. The van der Waals surface area contributed by atoms with Crippen LogP contribution >= 0.6 is 0 Å². The van der Waals surface area contributed by atoms with E-state index in [1.165, 1.54) is 11.1 Å². The highest BCUT2D eigenvalue weighted by molar-refractivity contribution is 5.38. The summed E-state index contributed by atoms with van der Waals surface area (Å²) in [7, 11) is 3.87. The van der Waals surface area contributed by atoms with Crippen LogP contribution in [0.1, 0.15) is 44.4 Å². The predicted molar refractivity (Wildman–Crippen MR) is 81.7 cm³/mol. The van der Waals surface area contributed by atoms with Crippen molar-refractivity contribution in [1.82, 2.24) is 10.2 Å². The molecule has 0 bridgehead atoms. The van der Waals surface area contributed by atoms with E-state index in [1.807, 2.05) is 0 Å². The lowest BCUT2D eigenvalue weighted by molar-refractivity contribution is 0.332. The molecule has 0 heterocycles. The smallest absolute Gasteiger partial charge is 0.123 e. The van der Waals surface area contributed by atoms with Gasteiger partial charge in [0.05, 0.1) is 7.11 Å². The van der Waals surface area contributed by atoms with Crippen molar-refractivity contribution in [1.29, 1.82) is 0 Å². The first-order valence-electron chi connectivity index (χ1n) is 7.21. The molecule has 1 N–H and O–H groups in total. The Morgan fingerprint density at radius 3 is 2.63 bits per heavy atom. The molecule has 3 heteroatoms. The first-order valence-corrected chi connectivity index (χ1v) is 7.21. The van der Waals surface area contributed by atoms with Crippen molar-refractivity contribution in [3.8, 4) is 5.75 Å². The fourth-order valence-electron chi connectivity index (χ4n) is 2.07. The van der Waals surface area contributed by atoms with E-state index >= 15 is 0 Å². The zero-order chi connectivity index (χ0) is 14.3. The molecule has 1 aromatic carbocycles. The van der Waals surface area contributed by atoms with Crippen molar-refractivity contribution in [2.24, 2.45) is 0 Å². The zero-order valence-corrected chi connectivity index (χ0v) is 13.0. The highest BCUT2D eigenvalue weighted by Crippen LogP contribution is 2.24. The molecular weight excluding hydrogens is 236 g/mol. The van der Waals surface area contributed by atoms with Crippen LogP contribution in [0.5, 0.6) is 5.75 Å². The van der Waals surface area contributed by atoms with Crippen molar-refractivity contribution in [2.75, 3.05) is 27.2 Å². The quantitative estimate of drug-likeness (QED) is 0.780. The van der Waals surface area contributed by atoms with E-state index in [9.17, 15) is 0 Å². The summed E-state index contributed by atoms with van der Waals surface area (Å²) in [4.78, 5) is 2.28. The molecule has 108 valence electrons. The van der Waals surface area contributed by atoms with Crippen molar-refractivity contribution < 1.29 is 4.74 Å². The van der Waals surface area contributed by atoms with Gasteiger partial charge in [0.25, 0.3) is 0 Å². The van der Waals surface area contributed by atoms with Crippen LogP contribution in [0, 0.1) is 0 Å². The SMILES string of the molecule is CCCNC(C)c1ccc(OC)c(CN(C)CC)c1. The van der Waals surface area contributed by atoms with Crippen LogP contribution in [-0.2, 0) is 6.54 Å². The van der Waals surface area contributed by atoms with Gasteiger partial charge in [-0.05, 0) is 51.2 Å². The monoisotopic (exact) mass is 264 g/mol. The van der Waals surface area contributed by atoms with Crippen LogP contribution in [0.4, 0.5) is 0 Å². The number of hydrogen-bond acceptors (Lipinski definition) is 3. The molecule has 3 nitrogen and oxygen atoms in total. The van der Waals surface area contributed by atoms with Crippen LogP contribution in [0.2, 0.25) is 0 Å². The third-order valence-corrected chi connectivity index (χ3v) is 3.49. The number of hydrogen-bond donors (Lipinski definition) is 1. The number of rotatable bonds is 8. The average molecular weight is 264 g/mol. The van der Waals surface area contributed by atoms with Gasteiger partial charge in [-0.2, -0.15) is 0 Å². The highest BCUT2D eigenvalue weighted by Gasteiger charge is 2.10. The van der Waals surface area contributed by atoms with E-state index in [4.69, 9.17) is 4.74 Å². The summed E-state index contributed by atoms with van der Waals surface area (Å²) < 4.78 is 5.46. The van der Waals surface area contributed by atoms with E-state index in [1.54, 1.807) is 7.11 Å². The fraction of sp³-hybridized carbons (Fsp3) is 0.625. The fourth-order valence-corrected chi connectivity index (χ4v) is 2.07. The maximum Gasteiger partial charge on any atom is 0.123 e. The molecule has 0 aliphatic heterocycles. The first kappa shape index (κ1) is 16.0. The number of methoxy groups -OCH3 is 1. The molecule has 19 heavy (non-hydrogen) atoms. The molecule has 0 radical (unpaired) electrons. The first-order chi connectivity index (χ1) is 9.12. The van der Waals surface area contributed by atoms with Crippen LogP contribution < -0.4 is 10.1 Å². The molecule has 0 amide bonds. The minimum absolute atomic E-state index is 0.386. The number of benzene rings is 1. The van der Waals surface area contributed by atoms with Crippen molar-refractivity contribution in [2.45, 2.75) is 39.8 Å².